The summed E-state index contributed by atoms with van der Waals surface area (Å²) in [5.41, 5.74) is 1.18. The number of hydrogen-bond acceptors (Lipinski definition) is 6. The van der Waals surface area contributed by atoms with Crippen molar-refractivity contribution in [3.05, 3.63) is 11.3 Å². The Labute approximate surface area is 128 Å². The van der Waals surface area contributed by atoms with Crippen molar-refractivity contribution >= 4 is 28.4 Å². The molecule has 1 amide bonds. The molecule has 7 heteroatoms. The molecule has 1 saturated carbocycles. The second-order valence-corrected chi connectivity index (χ2v) is 5.84. The molecule has 1 aliphatic carbocycles. The number of hydrogen-bond donors (Lipinski definition) is 2. The Morgan fingerprint density at radius 3 is 2.86 bits per heavy atom. The van der Waals surface area contributed by atoms with Crippen LogP contribution in [0.15, 0.2) is 0 Å². The SMILES string of the molecule is CCOC(=O)c1c(C)nsc1NCCCC(=O)NC1CC1. The van der Waals surface area contributed by atoms with Gasteiger partial charge in [0.15, 0.2) is 0 Å². The summed E-state index contributed by atoms with van der Waals surface area (Å²) in [4.78, 5) is 23.4. The van der Waals surface area contributed by atoms with Gasteiger partial charge in [-0.3, -0.25) is 4.79 Å². The topological polar surface area (TPSA) is 80.3 Å². The van der Waals surface area contributed by atoms with Gasteiger partial charge in [0.2, 0.25) is 5.91 Å². The molecule has 0 unspecified atom stereocenters. The maximum absolute atomic E-state index is 11.9. The first-order chi connectivity index (χ1) is 10.1. The average molecular weight is 311 g/mol. The maximum Gasteiger partial charge on any atom is 0.343 e. The Balaban J connectivity index is 1.77. The van der Waals surface area contributed by atoms with E-state index >= 15 is 0 Å². The van der Waals surface area contributed by atoms with Gasteiger partial charge in [-0.25, -0.2) is 4.79 Å². The van der Waals surface area contributed by atoms with E-state index in [9.17, 15) is 9.59 Å². The number of aryl methyl sites for hydroxylation is 1. The van der Waals surface area contributed by atoms with Crippen LogP contribution < -0.4 is 10.6 Å². The van der Waals surface area contributed by atoms with E-state index in [-0.39, 0.29) is 11.9 Å². The highest BCUT2D eigenvalue weighted by Crippen LogP contribution is 2.25. The van der Waals surface area contributed by atoms with E-state index in [4.69, 9.17) is 4.74 Å². The van der Waals surface area contributed by atoms with Gasteiger partial charge in [0, 0.05) is 19.0 Å². The molecular weight excluding hydrogens is 290 g/mol. The number of aromatic nitrogens is 1. The summed E-state index contributed by atoms with van der Waals surface area (Å²) < 4.78 is 9.21. The zero-order valence-corrected chi connectivity index (χ0v) is 13.2. The Bertz CT molecular complexity index is 512. The van der Waals surface area contributed by atoms with Crippen molar-refractivity contribution in [3.63, 3.8) is 0 Å². The predicted octanol–water partition coefficient (Wildman–Crippen LogP) is 2.10. The summed E-state index contributed by atoms with van der Waals surface area (Å²) in [5.74, 6) is -0.247. The largest absolute Gasteiger partial charge is 0.462 e. The predicted molar refractivity (Wildman–Crippen MR) is 81.7 cm³/mol. The molecule has 21 heavy (non-hydrogen) atoms. The van der Waals surface area contributed by atoms with Crippen molar-refractivity contribution < 1.29 is 14.3 Å². The number of amides is 1. The van der Waals surface area contributed by atoms with Crippen LogP contribution in [0.1, 0.15) is 48.7 Å². The highest BCUT2D eigenvalue weighted by Gasteiger charge is 2.23. The minimum Gasteiger partial charge on any atom is -0.462 e. The lowest BCUT2D eigenvalue weighted by Gasteiger charge is -2.07. The first-order valence-electron chi connectivity index (χ1n) is 7.28. The highest BCUT2D eigenvalue weighted by molar-refractivity contribution is 7.10. The summed E-state index contributed by atoms with van der Waals surface area (Å²) in [6.45, 7) is 4.54. The van der Waals surface area contributed by atoms with Crippen molar-refractivity contribution in [1.29, 1.82) is 0 Å². The minimum absolute atomic E-state index is 0.102. The van der Waals surface area contributed by atoms with Gasteiger partial charge in [0.25, 0.3) is 0 Å². The van der Waals surface area contributed by atoms with Crippen molar-refractivity contribution in [2.75, 3.05) is 18.5 Å². The van der Waals surface area contributed by atoms with Crippen molar-refractivity contribution in [2.45, 2.75) is 45.6 Å². The lowest BCUT2D eigenvalue weighted by atomic mass is 10.2. The fourth-order valence-corrected chi connectivity index (χ4v) is 2.72. The van der Waals surface area contributed by atoms with E-state index < -0.39 is 0 Å². The molecule has 1 aliphatic rings. The van der Waals surface area contributed by atoms with Crippen LogP contribution in [0.4, 0.5) is 5.00 Å². The third kappa shape index (κ3) is 4.70. The Morgan fingerprint density at radius 1 is 1.43 bits per heavy atom. The minimum atomic E-state index is -0.349. The van der Waals surface area contributed by atoms with E-state index in [0.717, 1.165) is 19.3 Å². The number of carbonyl (C=O) groups excluding carboxylic acids is 2. The monoisotopic (exact) mass is 311 g/mol. The maximum atomic E-state index is 11.9. The quantitative estimate of drug-likeness (QED) is 0.567. The van der Waals surface area contributed by atoms with Gasteiger partial charge < -0.3 is 15.4 Å². The Kier molecular flexibility index (Phi) is 5.55. The first kappa shape index (κ1) is 15.8. The Morgan fingerprint density at radius 2 is 2.19 bits per heavy atom. The number of anilines is 1. The number of nitrogens with one attached hydrogen (secondary N) is 2. The van der Waals surface area contributed by atoms with Crippen LogP contribution in [-0.4, -0.2) is 35.4 Å². The van der Waals surface area contributed by atoms with Crippen LogP contribution in [0, 0.1) is 6.92 Å². The van der Waals surface area contributed by atoms with E-state index in [1.165, 1.54) is 11.5 Å². The fourth-order valence-electron chi connectivity index (χ4n) is 1.91. The molecule has 0 bridgehead atoms. The van der Waals surface area contributed by atoms with Gasteiger partial charge in [0.05, 0.1) is 12.3 Å². The standard InChI is InChI=1S/C14H21N3O3S/c1-3-20-14(19)12-9(2)17-21-13(12)15-8-4-5-11(18)16-10-6-7-10/h10,15H,3-8H2,1-2H3,(H,16,18). The van der Waals surface area contributed by atoms with Crippen molar-refractivity contribution in [3.8, 4) is 0 Å². The van der Waals surface area contributed by atoms with Gasteiger partial charge in [-0.1, -0.05) is 0 Å². The third-order valence-corrected chi connectivity index (χ3v) is 4.05. The Hall–Kier alpha value is -1.63. The van der Waals surface area contributed by atoms with Crippen LogP contribution in [0.25, 0.3) is 0 Å². The number of ether oxygens (including phenoxy) is 1. The first-order valence-corrected chi connectivity index (χ1v) is 8.05. The van der Waals surface area contributed by atoms with E-state index in [0.29, 0.717) is 41.9 Å². The van der Waals surface area contributed by atoms with Gasteiger partial charge in [-0.15, -0.1) is 0 Å². The molecular formula is C14H21N3O3S. The van der Waals surface area contributed by atoms with E-state index in [1.807, 2.05) is 0 Å². The lowest BCUT2D eigenvalue weighted by molar-refractivity contribution is -0.121. The smallest absolute Gasteiger partial charge is 0.343 e. The molecule has 0 saturated heterocycles. The van der Waals surface area contributed by atoms with E-state index in [1.54, 1.807) is 13.8 Å². The molecule has 1 aromatic rings. The van der Waals surface area contributed by atoms with Crippen LogP contribution in [0.5, 0.6) is 0 Å². The summed E-state index contributed by atoms with van der Waals surface area (Å²) in [7, 11) is 0. The van der Waals surface area contributed by atoms with Gasteiger partial charge in [-0.2, -0.15) is 4.37 Å². The van der Waals surface area contributed by atoms with E-state index in [2.05, 4.69) is 15.0 Å². The number of nitrogens with zero attached hydrogens (tertiary/aromatic N) is 1. The molecule has 2 rings (SSSR count). The van der Waals surface area contributed by atoms with Crippen molar-refractivity contribution in [1.82, 2.24) is 9.69 Å². The zero-order chi connectivity index (χ0) is 15.2. The molecule has 1 fully saturated rings. The lowest BCUT2D eigenvalue weighted by Crippen LogP contribution is -2.25. The molecule has 6 nitrogen and oxygen atoms in total. The molecule has 0 aromatic carbocycles. The average Bonchev–Trinajstić information content (AvgIpc) is 3.17. The molecule has 0 aliphatic heterocycles. The van der Waals surface area contributed by atoms with Crippen LogP contribution in [0.2, 0.25) is 0 Å². The zero-order valence-electron chi connectivity index (χ0n) is 12.4. The second kappa shape index (κ2) is 7.40. The molecule has 116 valence electrons. The molecule has 1 aromatic heterocycles. The van der Waals surface area contributed by atoms with Crippen molar-refractivity contribution in [2.24, 2.45) is 0 Å². The summed E-state index contributed by atoms with van der Waals surface area (Å²) in [5, 5.41) is 6.84. The molecule has 0 radical (unpaired) electrons. The molecule has 1 heterocycles. The van der Waals surface area contributed by atoms with Crippen LogP contribution in [-0.2, 0) is 9.53 Å². The number of carbonyl (C=O) groups is 2. The fraction of sp³-hybridized carbons (Fsp3) is 0.643. The summed E-state index contributed by atoms with van der Waals surface area (Å²) in [6, 6.07) is 0.407. The number of esters is 1. The van der Waals surface area contributed by atoms with Crippen LogP contribution >= 0.6 is 11.5 Å². The molecule has 0 spiro atoms. The summed E-state index contributed by atoms with van der Waals surface area (Å²) in [6.07, 6.45) is 3.42. The second-order valence-electron chi connectivity index (χ2n) is 5.06. The normalized spacial score (nSPS) is 13.8. The highest BCUT2D eigenvalue weighted by atomic mass is 32.1. The van der Waals surface area contributed by atoms with Gasteiger partial charge in [0.1, 0.15) is 10.6 Å². The van der Waals surface area contributed by atoms with Gasteiger partial charge in [-0.05, 0) is 44.6 Å². The molecule has 2 N–H and O–H groups in total. The van der Waals surface area contributed by atoms with Gasteiger partial charge >= 0.3 is 5.97 Å². The third-order valence-electron chi connectivity index (χ3n) is 3.15. The summed E-state index contributed by atoms with van der Waals surface area (Å²) >= 11 is 1.25. The molecule has 0 atom stereocenters. The van der Waals surface area contributed by atoms with Crippen LogP contribution in [0.3, 0.4) is 0 Å². The number of rotatable bonds is 8.